The average molecular weight is 809 g/mol. The van der Waals surface area contributed by atoms with Crippen LogP contribution < -0.4 is 0 Å². The summed E-state index contributed by atoms with van der Waals surface area (Å²) in [6.45, 7) is 12.6. The van der Waals surface area contributed by atoms with Crippen LogP contribution in [-0.4, -0.2) is 49.8 Å². The van der Waals surface area contributed by atoms with Crippen molar-refractivity contribution in [2.45, 2.75) is 52.4 Å². The zero-order valence-electron chi connectivity index (χ0n) is 35.5. The van der Waals surface area contributed by atoms with E-state index in [0.29, 0.717) is 52.4 Å². The minimum atomic E-state index is -0.344. The molecule has 0 radical (unpaired) electrons. The third-order valence-corrected chi connectivity index (χ3v) is 10.1. The Balaban J connectivity index is 1.23. The molecule has 0 aliphatic carbocycles. The Morgan fingerprint density at radius 1 is 0.274 bits per heavy atom. The number of hydrogen-bond acceptors (Lipinski definition) is 10. The summed E-state index contributed by atoms with van der Waals surface area (Å²) in [5.41, 5.74) is 6.79. The minimum Gasteiger partial charge on any atom is -0.256 e. The van der Waals surface area contributed by atoms with E-state index in [1.807, 2.05) is 140 Å². The summed E-state index contributed by atoms with van der Waals surface area (Å²) in [5.74, 6) is 5.21. The lowest BCUT2D eigenvalue weighted by molar-refractivity contribution is 0.543. The Hall–Kier alpha value is -7.72. The molecule has 9 rings (SSSR count). The Morgan fingerprint density at radius 3 is 0.984 bits per heavy atom. The second kappa shape index (κ2) is 16.4. The summed E-state index contributed by atoms with van der Waals surface area (Å²) in [4.78, 5) is 50.1. The first-order chi connectivity index (χ1) is 29.9. The van der Waals surface area contributed by atoms with Crippen LogP contribution in [0.1, 0.15) is 53.2 Å². The van der Waals surface area contributed by atoms with Crippen LogP contribution in [0.4, 0.5) is 0 Å². The minimum absolute atomic E-state index is 0.312. The van der Waals surface area contributed by atoms with Crippen LogP contribution in [0.5, 0.6) is 0 Å². The van der Waals surface area contributed by atoms with Crippen LogP contribution in [0.15, 0.2) is 158 Å². The van der Waals surface area contributed by atoms with Gasteiger partial charge >= 0.3 is 0 Å². The highest BCUT2D eigenvalue weighted by atomic mass is 15.1. The smallest absolute Gasteiger partial charge is 0.164 e. The van der Waals surface area contributed by atoms with E-state index in [1.54, 1.807) is 6.20 Å². The molecule has 0 aliphatic rings. The summed E-state index contributed by atoms with van der Waals surface area (Å²) in [6, 6.07) is 50.0. The molecule has 0 unspecified atom stereocenters. The summed E-state index contributed by atoms with van der Waals surface area (Å²) in [7, 11) is 0. The molecule has 0 N–H and O–H groups in total. The predicted molar refractivity (Wildman–Crippen MR) is 245 cm³/mol. The van der Waals surface area contributed by atoms with Crippen molar-refractivity contribution >= 4 is 0 Å². The normalized spacial score (nSPS) is 11.7. The quantitative estimate of drug-likeness (QED) is 0.146. The third-order valence-electron chi connectivity index (χ3n) is 10.1. The maximum Gasteiger partial charge on any atom is 0.164 e. The lowest BCUT2D eigenvalue weighted by atomic mass is 9.95. The van der Waals surface area contributed by atoms with Crippen LogP contribution in [0.3, 0.4) is 0 Å². The molecule has 4 heterocycles. The number of hydrogen-bond donors (Lipinski definition) is 0. The Kier molecular flexibility index (Phi) is 10.5. The van der Waals surface area contributed by atoms with Crippen LogP contribution in [0, 0.1) is 0 Å². The van der Waals surface area contributed by atoms with Gasteiger partial charge in [0.25, 0.3) is 0 Å². The Bertz CT molecular complexity index is 3020. The van der Waals surface area contributed by atoms with Crippen LogP contribution in [0.25, 0.3) is 91.0 Å². The van der Waals surface area contributed by atoms with Crippen molar-refractivity contribution in [3.8, 4) is 91.0 Å². The van der Waals surface area contributed by atoms with Gasteiger partial charge in [-0.2, -0.15) is 0 Å². The highest BCUT2D eigenvalue weighted by molar-refractivity contribution is 5.78. The van der Waals surface area contributed by atoms with Gasteiger partial charge in [-0.15, -0.1) is 0 Å². The number of pyridine rings is 1. The monoisotopic (exact) mass is 808 g/mol. The van der Waals surface area contributed by atoms with Crippen molar-refractivity contribution < 1.29 is 0 Å². The van der Waals surface area contributed by atoms with Gasteiger partial charge in [-0.3, -0.25) is 4.98 Å². The highest BCUT2D eigenvalue weighted by Crippen LogP contribution is 2.34. The van der Waals surface area contributed by atoms with Gasteiger partial charge in [0, 0.05) is 61.5 Å². The van der Waals surface area contributed by atoms with Crippen molar-refractivity contribution in [2.75, 3.05) is 0 Å². The SMILES string of the molecule is CC(C)(C)c1nc(-c2ccccc2)nc(-c2cccc(-c3nc(-c4ccccc4)nc(-c4cc(-c5ccccn5)cc(-c5nc(-c6ccccc6)nc(C(C)(C)C)n5)c4)n3)c2)n1. The Morgan fingerprint density at radius 2 is 0.581 bits per heavy atom. The first-order valence-electron chi connectivity index (χ1n) is 20.6. The van der Waals surface area contributed by atoms with Crippen molar-refractivity contribution in [2.24, 2.45) is 0 Å². The van der Waals surface area contributed by atoms with E-state index in [0.717, 1.165) is 50.2 Å². The standard InChI is InChI=1S/C52H44N10/c1-51(2,3)49-59-43(34-21-12-8-13-22-34)56-46(61-49)37-26-18-25-36(29-37)45-54-42(33-19-10-7-11-20-33)55-47(58-45)39-30-38(41-27-16-17-28-53-41)31-40(32-39)48-57-44(35-23-14-9-15-24-35)60-50(62-48)52(4,5)6/h7-32H,1-6H3. The fourth-order valence-corrected chi connectivity index (χ4v) is 6.83. The summed E-state index contributed by atoms with van der Waals surface area (Å²) >= 11 is 0. The predicted octanol–water partition coefficient (Wildman–Crippen LogP) is 11.6. The molecule has 4 aromatic heterocycles. The van der Waals surface area contributed by atoms with E-state index in [2.05, 4.69) is 53.7 Å². The molecule has 5 aromatic carbocycles. The molecule has 62 heavy (non-hydrogen) atoms. The molecule has 10 nitrogen and oxygen atoms in total. The van der Waals surface area contributed by atoms with E-state index < -0.39 is 0 Å². The first-order valence-corrected chi connectivity index (χ1v) is 20.6. The second-order valence-corrected chi connectivity index (χ2v) is 17.1. The zero-order chi connectivity index (χ0) is 42.8. The van der Waals surface area contributed by atoms with Crippen molar-refractivity contribution in [3.05, 3.63) is 170 Å². The lowest BCUT2D eigenvalue weighted by Gasteiger charge is -2.18. The van der Waals surface area contributed by atoms with Gasteiger partial charge in [-0.1, -0.05) is 157 Å². The maximum atomic E-state index is 5.20. The van der Waals surface area contributed by atoms with Gasteiger partial charge in [0.1, 0.15) is 11.6 Å². The van der Waals surface area contributed by atoms with Gasteiger partial charge in [-0.25, -0.2) is 44.9 Å². The van der Waals surface area contributed by atoms with E-state index >= 15 is 0 Å². The molecule has 9 aromatic rings. The van der Waals surface area contributed by atoms with Crippen LogP contribution in [-0.2, 0) is 10.8 Å². The summed E-state index contributed by atoms with van der Waals surface area (Å²) in [5, 5.41) is 0. The topological polar surface area (TPSA) is 129 Å². The third kappa shape index (κ3) is 8.62. The summed E-state index contributed by atoms with van der Waals surface area (Å²) < 4.78 is 0. The van der Waals surface area contributed by atoms with E-state index in [9.17, 15) is 0 Å². The average Bonchev–Trinajstić information content (AvgIpc) is 3.31. The van der Waals surface area contributed by atoms with E-state index in [1.165, 1.54) is 0 Å². The number of benzene rings is 5. The second-order valence-electron chi connectivity index (χ2n) is 17.1. The lowest BCUT2D eigenvalue weighted by Crippen LogP contribution is -2.18. The largest absolute Gasteiger partial charge is 0.256 e. The molecule has 0 fully saturated rings. The van der Waals surface area contributed by atoms with Gasteiger partial charge in [-0.05, 0) is 36.4 Å². The molecule has 0 amide bonds. The first kappa shape index (κ1) is 39.7. The number of aromatic nitrogens is 10. The fraction of sp³-hybridized carbons (Fsp3) is 0.154. The molecular weight excluding hydrogens is 765 g/mol. The molecule has 0 bridgehead atoms. The van der Waals surface area contributed by atoms with Crippen LogP contribution in [0.2, 0.25) is 0 Å². The molecule has 302 valence electrons. The molecule has 0 aliphatic heterocycles. The Labute approximate surface area is 361 Å². The van der Waals surface area contributed by atoms with E-state index in [4.69, 9.17) is 49.8 Å². The molecule has 10 heteroatoms. The van der Waals surface area contributed by atoms with Gasteiger partial charge in [0.05, 0.1) is 5.69 Å². The number of nitrogens with zero attached hydrogens (tertiary/aromatic N) is 10. The van der Waals surface area contributed by atoms with Crippen molar-refractivity contribution in [1.82, 2.24) is 49.8 Å². The van der Waals surface area contributed by atoms with Crippen LogP contribution >= 0.6 is 0 Å². The van der Waals surface area contributed by atoms with Crippen molar-refractivity contribution in [1.29, 1.82) is 0 Å². The number of rotatable bonds is 8. The molecule has 0 spiro atoms. The highest BCUT2D eigenvalue weighted by Gasteiger charge is 2.24. The maximum absolute atomic E-state index is 5.20. The van der Waals surface area contributed by atoms with Crippen molar-refractivity contribution in [3.63, 3.8) is 0 Å². The fourth-order valence-electron chi connectivity index (χ4n) is 6.83. The molecule has 0 saturated carbocycles. The van der Waals surface area contributed by atoms with E-state index in [-0.39, 0.29) is 10.8 Å². The summed E-state index contributed by atoms with van der Waals surface area (Å²) in [6.07, 6.45) is 1.79. The van der Waals surface area contributed by atoms with Gasteiger partial charge < -0.3 is 0 Å². The van der Waals surface area contributed by atoms with Gasteiger partial charge in [0.2, 0.25) is 0 Å². The zero-order valence-corrected chi connectivity index (χ0v) is 35.5. The molecule has 0 saturated heterocycles. The van der Waals surface area contributed by atoms with Gasteiger partial charge in [0.15, 0.2) is 40.8 Å². The molecule has 0 atom stereocenters. The molecular formula is C52H44N10.